The van der Waals surface area contributed by atoms with E-state index in [0.717, 1.165) is 25.9 Å². The van der Waals surface area contributed by atoms with Gasteiger partial charge < -0.3 is 10.2 Å². The lowest BCUT2D eigenvalue weighted by molar-refractivity contribution is 0.0703. The van der Waals surface area contributed by atoms with Crippen molar-refractivity contribution in [2.75, 3.05) is 26.7 Å². The van der Waals surface area contributed by atoms with Crippen molar-refractivity contribution in [3.05, 3.63) is 42.5 Å². The van der Waals surface area contributed by atoms with Crippen molar-refractivity contribution < 1.29 is 13.2 Å². The highest BCUT2D eigenvalue weighted by Gasteiger charge is 2.23. The van der Waals surface area contributed by atoms with E-state index in [1.807, 2.05) is 0 Å². The maximum Gasteiger partial charge on any atom is 0.253 e. The number of carbonyl (C=O) groups is 1. The Morgan fingerprint density at radius 3 is 2.46 bits per heavy atom. The summed E-state index contributed by atoms with van der Waals surface area (Å²) in [6, 6.07) is 6.25. The van der Waals surface area contributed by atoms with Crippen molar-refractivity contribution in [2.24, 2.45) is 0 Å². The van der Waals surface area contributed by atoms with Crippen molar-refractivity contribution in [3.63, 3.8) is 0 Å². The molecule has 0 bridgehead atoms. The van der Waals surface area contributed by atoms with Gasteiger partial charge in [-0.25, -0.2) is 13.1 Å². The molecular weight excluding hydrogens is 350 g/mol. The summed E-state index contributed by atoms with van der Waals surface area (Å²) in [5, 5.41) is 3.27. The standard InChI is InChI=1S/C16H23N3O3S.ClH/c1-3-10-18-23(21,22)15-6-4-13(5-7-15)16(20)19(2)14-8-11-17-12-9-14;/h3-7,14,17-18H,1,8-12H2,2H3;1H. The first-order valence-corrected chi connectivity index (χ1v) is 9.12. The molecule has 0 spiro atoms. The van der Waals surface area contributed by atoms with Crippen LogP contribution >= 0.6 is 12.4 Å². The number of benzene rings is 1. The lowest BCUT2D eigenvalue weighted by Crippen LogP contribution is -2.43. The SMILES string of the molecule is C=CCNS(=O)(=O)c1ccc(C(=O)N(C)C2CCNCC2)cc1.Cl. The van der Waals surface area contributed by atoms with Crippen molar-refractivity contribution >= 4 is 28.3 Å². The molecule has 1 aromatic carbocycles. The summed E-state index contributed by atoms with van der Waals surface area (Å²) >= 11 is 0. The largest absolute Gasteiger partial charge is 0.339 e. The number of halogens is 1. The first-order chi connectivity index (χ1) is 11.0. The van der Waals surface area contributed by atoms with Gasteiger partial charge >= 0.3 is 0 Å². The summed E-state index contributed by atoms with van der Waals surface area (Å²) in [4.78, 5) is 14.4. The van der Waals surface area contributed by atoms with E-state index in [1.165, 1.54) is 18.2 Å². The smallest absolute Gasteiger partial charge is 0.253 e. The third-order valence-electron chi connectivity index (χ3n) is 4.01. The van der Waals surface area contributed by atoms with Crippen LogP contribution in [0.3, 0.4) is 0 Å². The Bertz CT molecular complexity index is 656. The molecular formula is C16H24ClN3O3S. The number of hydrogen-bond donors (Lipinski definition) is 2. The van der Waals surface area contributed by atoms with E-state index in [1.54, 1.807) is 24.1 Å². The zero-order chi connectivity index (χ0) is 16.9. The fourth-order valence-electron chi connectivity index (χ4n) is 2.59. The van der Waals surface area contributed by atoms with E-state index < -0.39 is 10.0 Å². The molecule has 1 fully saturated rings. The lowest BCUT2D eigenvalue weighted by atomic mass is 10.0. The molecule has 6 nitrogen and oxygen atoms in total. The van der Waals surface area contributed by atoms with Crippen LogP contribution in [0.5, 0.6) is 0 Å². The molecule has 1 aliphatic heterocycles. The van der Waals surface area contributed by atoms with Gasteiger partial charge in [-0.2, -0.15) is 0 Å². The number of nitrogens with zero attached hydrogens (tertiary/aromatic N) is 1. The van der Waals surface area contributed by atoms with Crippen LogP contribution in [0.2, 0.25) is 0 Å². The Labute approximate surface area is 149 Å². The van der Waals surface area contributed by atoms with Gasteiger partial charge in [0.1, 0.15) is 0 Å². The van der Waals surface area contributed by atoms with E-state index in [9.17, 15) is 13.2 Å². The van der Waals surface area contributed by atoms with Crippen LogP contribution in [-0.2, 0) is 10.0 Å². The number of sulfonamides is 1. The third-order valence-corrected chi connectivity index (χ3v) is 5.45. The third kappa shape index (κ3) is 5.04. The highest BCUT2D eigenvalue weighted by Crippen LogP contribution is 2.16. The highest BCUT2D eigenvalue weighted by atomic mass is 35.5. The monoisotopic (exact) mass is 373 g/mol. The fourth-order valence-corrected chi connectivity index (χ4v) is 3.59. The van der Waals surface area contributed by atoms with Gasteiger partial charge in [0.15, 0.2) is 0 Å². The number of hydrogen-bond acceptors (Lipinski definition) is 4. The number of carbonyl (C=O) groups excluding carboxylic acids is 1. The molecule has 1 aromatic rings. The van der Waals surface area contributed by atoms with Crippen LogP contribution in [0.25, 0.3) is 0 Å². The molecule has 0 unspecified atom stereocenters. The predicted octanol–water partition coefficient (Wildman–Crippen LogP) is 1.40. The highest BCUT2D eigenvalue weighted by molar-refractivity contribution is 7.89. The molecule has 0 aliphatic carbocycles. The van der Waals surface area contributed by atoms with E-state index in [-0.39, 0.29) is 35.8 Å². The summed E-state index contributed by atoms with van der Waals surface area (Å²) in [6.45, 7) is 5.47. The topological polar surface area (TPSA) is 78.5 Å². The molecule has 1 saturated heterocycles. The minimum absolute atomic E-state index is 0. The van der Waals surface area contributed by atoms with Gasteiger partial charge in [0, 0.05) is 25.2 Å². The molecule has 2 rings (SSSR count). The van der Waals surface area contributed by atoms with E-state index in [4.69, 9.17) is 0 Å². The number of nitrogens with one attached hydrogen (secondary N) is 2. The van der Waals surface area contributed by atoms with Gasteiger partial charge in [0.25, 0.3) is 5.91 Å². The van der Waals surface area contributed by atoms with Crippen molar-refractivity contribution in [1.82, 2.24) is 14.9 Å². The number of amides is 1. The zero-order valence-corrected chi connectivity index (χ0v) is 15.3. The summed E-state index contributed by atoms with van der Waals surface area (Å²) in [5.74, 6) is -0.0834. The molecule has 134 valence electrons. The van der Waals surface area contributed by atoms with Gasteiger partial charge in [-0.1, -0.05) is 6.08 Å². The van der Waals surface area contributed by atoms with E-state index in [2.05, 4.69) is 16.6 Å². The Kier molecular flexibility index (Phi) is 7.89. The maximum atomic E-state index is 12.5. The Morgan fingerprint density at radius 2 is 1.92 bits per heavy atom. The number of rotatable bonds is 6. The minimum Gasteiger partial charge on any atom is -0.339 e. The molecule has 1 heterocycles. The quantitative estimate of drug-likeness (QED) is 0.739. The average molecular weight is 374 g/mol. The minimum atomic E-state index is -3.56. The van der Waals surface area contributed by atoms with Gasteiger partial charge in [-0.15, -0.1) is 19.0 Å². The summed E-state index contributed by atoms with van der Waals surface area (Å²) in [6.07, 6.45) is 3.34. The molecule has 0 atom stereocenters. The molecule has 2 N–H and O–H groups in total. The number of piperidine rings is 1. The van der Waals surface area contributed by atoms with Gasteiger partial charge in [-0.3, -0.25) is 4.79 Å². The summed E-state index contributed by atoms with van der Waals surface area (Å²) < 4.78 is 26.4. The Balaban J connectivity index is 0.00000288. The van der Waals surface area contributed by atoms with Crippen LogP contribution in [0.15, 0.2) is 41.8 Å². The summed E-state index contributed by atoms with van der Waals surface area (Å²) in [5.41, 5.74) is 0.494. The van der Waals surface area contributed by atoms with Gasteiger partial charge in [0.2, 0.25) is 10.0 Å². The van der Waals surface area contributed by atoms with Crippen LogP contribution in [0.1, 0.15) is 23.2 Å². The zero-order valence-electron chi connectivity index (χ0n) is 13.7. The lowest BCUT2D eigenvalue weighted by Gasteiger charge is -2.31. The first-order valence-electron chi connectivity index (χ1n) is 7.64. The van der Waals surface area contributed by atoms with E-state index in [0.29, 0.717) is 5.56 Å². The molecule has 8 heteroatoms. The fraction of sp³-hybridized carbons (Fsp3) is 0.438. The Morgan fingerprint density at radius 1 is 1.33 bits per heavy atom. The Hall–Kier alpha value is -1.41. The van der Waals surface area contributed by atoms with Crippen LogP contribution < -0.4 is 10.0 Å². The average Bonchev–Trinajstić information content (AvgIpc) is 2.59. The summed E-state index contributed by atoms with van der Waals surface area (Å²) in [7, 11) is -1.76. The second-order valence-electron chi connectivity index (χ2n) is 5.56. The second kappa shape index (κ2) is 9.17. The predicted molar refractivity (Wildman–Crippen MR) is 97.1 cm³/mol. The van der Waals surface area contributed by atoms with Crippen LogP contribution in [0, 0.1) is 0 Å². The molecule has 0 radical (unpaired) electrons. The van der Waals surface area contributed by atoms with Crippen molar-refractivity contribution in [1.29, 1.82) is 0 Å². The van der Waals surface area contributed by atoms with Gasteiger partial charge in [-0.05, 0) is 50.2 Å². The molecule has 1 aliphatic rings. The normalized spacial score (nSPS) is 15.4. The second-order valence-corrected chi connectivity index (χ2v) is 7.33. The molecule has 24 heavy (non-hydrogen) atoms. The van der Waals surface area contributed by atoms with Gasteiger partial charge in [0.05, 0.1) is 4.90 Å². The van der Waals surface area contributed by atoms with Crippen molar-refractivity contribution in [3.8, 4) is 0 Å². The first kappa shape index (κ1) is 20.6. The molecule has 0 aromatic heterocycles. The molecule has 0 saturated carbocycles. The van der Waals surface area contributed by atoms with E-state index >= 15 is 0 Å². The van der Waals surface area contributed by atoms with Crippen LogP contribution in [-0.4, -0.2) is 51.9 Å². The van der Waals surface area contributed by atoms with Crippen LogP contribution in [0.4, 0.5) is 0 Å². The maximum absolute atomic E-state index is 12.5. The molecule has 1 amide bonds. The van der Waals surface area contributed by atoms with Crippen molar-refractivity contribution in [2.45, 2.75) is 23.8 Å².